The van der Waals surface area contributed by atoms with Crippen LogP contribution < -0.4 is 10.1 Å². The Kier molecular flexibility index (Phi) is 3.86. The van der Waals surface area contributed by atoms with Gasteiger partial charge in [-0.25, -0.2) is 0 Å². The van der Waals surface area contributed by atoms with Crippen LogP contribution >= 0.6 is 34.8 Å². The number of nitrogens with one attached hydrogen (secondary N) is 1. The van der Waals surface area contributed by atoms with Gasteiger partial charge in [-0.3, -0.25) is 4.79 Å². The smallest absolute Gasteiger partial charge is 0.318 e. The zero-order valence-corrected chi connectivity index (χ0v) is 9.37. The molecule has 1 N–H and O–H groups in total. The minimum absolute atomic E-state index is 0.306. The molecule has 1 aromatic carbocycles. The Morgan fingerprint density at radius 1 is 1.43 bits per heavy atom. The number of carbonyl (C=O) groups excluding carboxylic acids is 1. The molecule has 0 radical (unpaired) electrons. The second-order valence-corrected chi connectivity index (χ2v) is 3.55. The van der Waals surface area contributed by atoms with Crippen LogP contribution in [-0.4, -0.2) is 12.5 Å². The van der Waals surface area contributed by atoms with E-state index in [1.165, 1.54) is 19.2 Å². The molecular weight excluding hydrogens is 248 g/mol. The van der Waals surface area contributed by atoms with E-state index in [9.17, 15) is 4.79 Å². The second kappa shape index (κ2) is 4.73. The molecule has 0 unspecified atom stereocenters. The van der Waals surface area contributed by atoms with Crippen molar-refractivity contribution >= 4 is 45.9 Å². The maximum Gasteiger partial charge on any atom is 0.318 e. The van der Waals surface area contributed by atoms with E-state index >= 15 is 0 Å². The van der Waals surface area contributed by atoms with Crippen LogP contribution in [0.4, 0.5) is 10.5 Å². The minimum atomic E-state index is -0.735. The minimum Gasteiger partial charge on any atom is -0.493 e. The van der Waals surface area contributed by atoms with Gasteiger partial charge in [-0.1, -0.05) is 23.2 Å². The lowest BCUT2D eigenvalue weighted by Gasteiger charge is -2.10. The fraction of sp³-hybridized carbons (Fsp3) is 0.125. The first-order valence-corrected chi connectivity index (χ1v) is 4.67. The fourth-order valence-electron chi connectivity index (χ4n) is 0.967. The van der Waals surface area contributed by atoms with E-state index in [4.69, 9.17) is 39.5 Å². The first kappa shape index (κ1) is 11.4. The Bertz CT molecular complexity index is 368. The van der Waals surface area contributed by atoms with Crippen LogP contribution in [0.2, 0.25) is 10.0 Å². The molecule has 1 rings (SSSR count). The predicted octanol–water partition coefficient (Wildman–Crippen LogP) is 3.77. The summed E-state index contributed by atoms with van der Waals surface area (Å²) in [4.78, 5) is 10.6. The van der Waals surface area contributed by atoms with Gasteiger partial charge in [0.1, 0.15) is 0 Å². The molecule has 0 aliphatic rings. The van der Waals surface area contributed by atoms with Crippen LogP contribution in [0.25, 0.3) is 0 Å². The molecule has 0 spiro atoms. The summed E-state index contributed by atoms with van der Waals surface area (Å²) < 4.78 is 4.97. The van der Waals surface area contributed by atoms with Gasteiger partial charge in [-0.2, -0.15) is 0 Å². The molecule has 0 heterocycles. The maximum atomic E-state index is 10.6. The first-order valence-electron chi connectivity index (χ1n) is 3.54. The van der Waals surface area contributed by atoms with E-state index in [0.29, 0.717) is 21.5 Å². The van der Waals surface area contributed by atoms with Gasteiger partial charge >= 0.3 is 5.37 Å². The monoisotopic (exact) mass is 253 g/mol. The molecule has 76 valence electrons. The van der Waals surface area contributed by atoms with Gasteiger partial charge in [0, 0.05) is 5.02 Å². The molecule has 0 saturated carbocycles. The Morgan fingerprint density at radius 2 is 2.07 bits per heavy atom. The standard InChI is InChI=1S/C8H6Cl3NO2/c1-14-7-5(10)2-4(9)3-6(7)12-8(11)13/h2-3H,1H3,(H,12,13). The summed E-state index contributed by atoms with van der Waals surface area (Å²) in [6.07, 6.45) is 0. The van der Waals surface area contributed by atoms with Crippen LogP contribution in [0.3, 0.4) is 0 Å². The molecule has 0 saturated heterocycles. The Balaban J connectivity index is 3.17. The van der Waals surface area contributed by atoms with Crippen LogP contribution in [0.5, 0.6) is 5.75 Å². The summed E-state index contributed by atoms with van der Waals surface area (Å²) in [5.74, 6) is 0.324. The molecule has 0 fully saturated rings. The van der Waals surface area contributed by atoms with Gasteiger partial charge in [0.15, 0.2) is 5.75 Å². The third-order valence-electron chi connectivity index (χ3n) is 1.45. The largest absolute Gasteiger partial charge is 0.493 e. The normalized spacial score (nSPS) is 9.71. The number of hydrogen-bond donors (Lipinski definition) is 1. The lowest BCUT2D eigenvalue weighted by Crippen LogP contribution is -2.03. The van der Waals surface area contributed by atoms with Crippen molar-refractivity contribution in [2.75, 3.05) is 12.4 Å². The number of hydrogen-bond acceptors (Lipinski definition) is 2. The summed E-state index contributed by atoms with van der Waals surface area (Å²) in [5, 5.41) is 2.30. The maximum absolute atomic E-state index is 10.6. The highest BCUT2D eigenvalue weighted by molar-refractivity contribution is 6.65. The molecule has 14 heavy (non-hydrogen) atoms. The van der Waals surface area contributed by atoms with Crippen LogP contribution in [0.15, 0.2) is 12.1 Å². The molecule has 3 nitrogen and oxygen atoms in total. The van der Waals surface area contributed by atoms with E-state index < -0.39 is 5.37 Å². The quantitative estimate of drug-likeness (QED) is 0.644. The summed E-state index contributed by atoms with van der Waals surface area (Å²) in [6, 6.07) is 3.00. The van der Waals surface area contributed by atoms with E-state index in [-0.39, 0.29) is 0 Å². The number of carbonyl (C=O) groups is 1. The number of rotatable bonds is 2. The number of ether oxygens (including phenoxy) is 1. The predicted molar refractivity (Wildman–Crippen MR) is 57.9 cm³/mol. The van der Waals surface area contributed by atoms with Crippen molar-refractivity contribution in [2.24, 2.45) is 0 Å². The van der Waals surface area contributed by atoms with Gasteiger partial charge in [0.05, 0.1) is 17.8 Å². The number of halogens is 3. The van der Waals surface area contributed by atoms with E-state index in [0.717, 1.165) is 0 Å². The summed E-state index contributed by atoms with van der Waals surface area (Å²) in [5.41, 5.74) is 0.338. The average molecular weight is 254 g/mol. The highest BCUT2D eigenvalue weighted by Gasteiger charge is 2.11. The van der Waals surface area contributed by atoms with Crippen molar-refractivity contribution in [1.82, 2.24) is 0 Å². The molecule has 0 aromatic heterocycles. The van der Waals surface area contributed by atoms with Crippen molar-refractivity contribution in [3.8, 4) is 5.75 Å². The van der Waals surface area contributed by atoms with Gasteiger partial charge < -0.3 is 10.1 Å². The van der Waals surface area contributed by atoms with Crippen molar-refractivity contribution in [3.05, 3.63) is 22.2 Å². The highest BCUT2D eigenvalue weighted by atomic mass is 35.5. The summed E-state index contributed by atoms with van der Waals surface area (Å²) in [7, 11) is 1.43. The van der Waals surface area contributed by atoms with Crippen molar-refractivity contribution in [1.29, 1.82) is 0 Å². The zero-order chi connectivity index (χ0) is 10.7. The van der Waals surface area contributed by atoms with Gasteiger partial charge in [0.2, 0.25) is 0 Å². The van der Waals surface area contributed by atoms with Gasteiger partial charge in [0.25, 0.3) is 0 Å². The van der Waals surface area contributed by atoms with Crippen LogP contribution in [0.1, 0.15) is 0 Å². The molecule has 0 aliphatic heterocycles. The number of anilines is 1. The number of benzene rings is 1. The molecule has 0 aliphatic carbocycles. The lowest BCUT2D eigenvalue weighted by atomic mass is 10.3. The third-order valence-corrected chi connectivity index (χ3v) is 2.04. The molecule has 0 atom stereocenters. The molecule has 1 aromatic rings. The van der Waals surface area contributed by atoms with Crippen LogP contribution in [0, 0.1) is 0 Å². The number of methoxy groups -OCH3 is 1. The molecule has 0 bridgehead atoms. The SMILES string of the molecule is COc1c(Cl)cc(Cl)cc1NC(=O)Cl. The Hall–Kier alpha value is -0.640. The Morgan fingerprint density at radius 3 is 2.57 bits per heavy atom. The summed E-state index contributed by atoms with van der Waals surface area (Å²) in [6.45, 7) is 0. The van der Waals surface area contributed by atoms with E-state index in [1.54, 1.807) is 0 Å². The second-order valence-electron chi connectivity index (χ2n) is 2.37. The van der Waals surface area contributed by atoms with Gasteiger partial charge in [-0.05, 0) is 23.7 Å². The summed E-state index contributed by atoms with van der Waals surface area (Å²) >= 11 is 16.7. The first-order chi connectivity index (χ1) is 6.54. The van der Waals surface area contributed by atoms with E-state index in [1.807, 2.05) is 0 Å². The van der Waals surface area contributed by atoms with Crippen molar-refractivity contribution in [2.45, 2.75) is 0 Å². The zero-order valence-electron chi connectivity index (χ0n) is 7.11. The lowest BCUT2D eigenvalue weighted by molar-refractivity contribution is 0.269. The fourth-order valence-corrected chi connectivity index (χ4v) is 1.64. The van der Waals surface area contributed by atoms with Crippen molar-refractivity contribution < 1.29 is 9.53 Å². The van der Waals surface area contributed by atoms with Gasteiger partial charge in [-0.15, -0.1) is 0 Å². The average Bonchev–Trinajstić information content (AvgIpc) is 2.01. The molecular formula is C8H6Cl3NO2. The van der Waals surface area contributed by atoms with E-state index in [2.05, 4.69) is 5.32 Å². The van der Waals surface area contributed by atoms with Crippen LogP contribution in [-0.2, 0) is 0 Å². The highest BCUT2D eigenvalue weighted by Crippen LogP contribution is 2.36. The molecule has 6 heteroatoms. The Labute approximate surface area is 95.9 Å². The number of amides is 1. The van der Waals surface area contributed by atoms with Crippen molar-refractivity contribution in [3.63, 3.8) is 0 Å². The molecule has 1 amide bonds. The topological polar surface area (TPSA) is 38.3 Å². The third kappa shape index (κ3) is 2.67.